The maximum atomic E-state index is 12.1. The van der Waals surface area contributed by atoms with Gasteiger partial charge < -0.3 is 15.5 Å². The Morgan fingerprint density at radius 2 is 1.87 bits per heavy atom. The fourth-order valence-corrected chi connectivity index (χ4v) is 2.48. The van der Waals surface area contributed by atoms with Crippen molar-refractivity contribution in [1.29, 1.82) is 0 Å². The molecule has 4 heteroatoms. The lowest BCUT2D eigenvalue weighted by Crippen LogP contribution is -2.06. The summed E-state index contributed by atoms with van der Waals surface area (Å²) in [6.07, 6.45) is 0. The number of nitrogens with one attached hydrogen (secondary N) is 1. The monoisotopic (exact) mass is 308 g/mol. The van der Waals surface area contributed by atoms with Crippen molar-refractivity contribution in [2.75, 3.05) is 5.73 Å². The molecule has 2 aromatic carbocycles. The maximum absolute atomic E-state index is 12.1. The molecule has 0 bridgehead atoms. The molecule has 3 N–H and O–H groups in total. The van der Waals surface area contributed by atoms with Crippen LogP contribution in [-0.2, 0) is 6.61 Å². The van der Waals surface area contributed by atoms with Crippen LogP contribution in [0.1, 0.15) is 29.9 Å². The van der Waals surface area contributed by atoms with Gasteiger partial charge in [-0.2, -0.15) is 0 Å². The molecule has 3 rings (SSSR count). The van der Waals surface area contributed by atoms with E-state index in [-0.39, 0.29) is 11.7 Å². The summed E-state index contributed by atoms with van der Waals surface area (Å²) < 4.78 is 5.74. The summed E-state index contributed by atoms with van der Waals surface area (Å²) in [6.45, 7) is 4.26. The van der Waals surface area contributed by atoms with Gasteiger partial charge in [0, 0.05) is 28.1 Å². The lowest BCUT2D eigenvalue weighted by atomic mass is 10.0. The first-order valence-electron chi connectivity index (χ1n) is 7.67. The van der Waals surface area contributed by atoms with Crippen molar-refractivity contribution >= 4 is 22.4 Å². The first kappa shape index (κ1) is 15.2. The molecule has 1 heterocycles. The number of hydrogen-bond acceptors (Lipinski definition) is 3. The van der Waals surface area contributed by atoms with Crippen molar-refractivity contribution < 1.29 is 9.53 Å². The average Bonchev–Trinajstić information content (AvgIpc) is 2.95. The number of anilines is 1. The average molecular weight is 308 g/mol. The van der Waals surface area contributed by atoms with E-state index in [1.54, 1.807) is 0 Å². The number of hydrogen-bond donors (Lipinski definition) is 2. The molecule has 0 aliphatic heterocycles. The number of nitrogens with two attached hydrogens (primary N) is 1. The summed E-state index contributed by atoms with van der Waals surface area (Å²) >= 11 is 0. The first-order valence-corrected chi connectivity index (χ1v) is 7.67. The fourth-order valence-electron chi connectivity index (χ4n) is 2.48. The molecule has 4 nitrogen and oxygen atoms in total. The molecule has 0 saturated carbocycles. The minimum atomic E-state index is -0.000266. The third kappa shape index (κ3) is 3.37. The Kier molecular flexibility index (Phi) is 4.06. The van der Waals surface area contributed by atoms with Crippen molar-refractivity contribution in [2.45, 2.75) is 20.5 Å². The Balaban J connectivity index is 1.77. The highest BCUT2D eigenvalue weighted by Gasteiger charge is 2.11. The van der Waals surface area contributed by atoms with Crippen LogP contribution in [0.4, 0.5) is 5.69 Å². The van der Waals surface area contributed by atoms with Gasteiger partial charge in [-0.1, -0.05) is 13.8 Å². The van der Waals surface area contributed by atoms with Crippen LogP contribution in [0, 0.1) is 5.92 Å². The second-order valence-electron chi connectivity index (χ2n) is 5.97. The topological polar surface area (TPSA) is 68.1 Å². The molecular weight excluding hydrogens is 288 g/mol. The Bertz CT molecular complexity index is 832. The van der Waals surface area contributed by atoms with Gasteiger partial charge in [-0.05, 0) is 48.5 Å². The summed E-state index contributed by atoms with van der Waals surface area (Å²) in [5, 5.41) is 1.02. The molecule has 118 valence electrons. The van der Waals surface area contributed by atoms with Crippen molar-refractivity contribution in [2.24, 2.45) is 5.92 Å². The summed E-state index contributed by atoms with van der Waals surface area (Å²) in [7, 11) is 0. The van der Waals surface area contributed by atoms with E-state index >= 15 is 0 Å². The van der Waals surface area contributed by atoms with Gasteiger partial charge in [0.05, 0.1) is 5.69 Å². The maximum Gasteiger partial charge on any atom is 0.165 e. The predicted molar refractivity (Wildman–Crippen MR) is 92.7 cm³/mol. The van der Waals surface area contributed by atoms with Gasteiger partial charge in [0.2, 0.25) is 0 Å². The molecule has 0 amide bonds. The number of benzene rings is 2. The minimum Gasteiger partial charge on any atom is -0.487 e. The van der Waals surface area contributed by atoms with E-state index in [1.165, 1.54) is 0 Å². The molecule has 0 aliphatic carbocycles. The van der Waals surface area contributed by atoms with E-state index in [1.807, 2.05) is 62.4 Å². The third-order valence-corrected chi connectivity index (χ3v) is 3.76. The van der Waals surface area contributed by atoms with Crippen molar-refractivity contribution in [3.63, 3.8) is 0 Å². The molecule has 1 aromatic heterocycles. The summed E-state index contributed by atoms with van der Waals surface area (Å²) in [5.74, 6) is 0.931. The van der Waals surface area contributed by atoms with Crippen LogP contribution in [0.15, 0.2) is 48.5 Å². The van der Waals surface area contributed by atoms with Gasteiger partial charge in [-0.3, -0.25) is 4.79 Å². The zero-order valence-corrected chi connectivity index (χ0v) is 13.3. The Morgan fingerprint density at radius 1 is 1.13 bits per heavy atom. The van der Waals surface area contributed by atoms with Gasteiger partial charge in [0.25, 0.3) is 0 Å². The number of carbonyl (C=O) groups excluding carboxylic acids is 1. The van der Waals surface area contributed by atoms with Crippen LogP contribution < -0.4 is 10.5 Å². The van der Waals surface area contributed by atoms with Gasteiger partial charge in [0.1, 0.15) is 12.4 Å². The summed E-state index contributed by atoms with van der Waals surface area (Å²) in [6, 6.07) is 15.1. The highest BCUT2D eigenvalue weighted by atomic mass is 16.5. The molecule has 0 aliphatic rings. The van der Waals surface area contributed by atoms with Crippen LogP contribution >= 0.6 is 0 Å². The van der Waals surface area contributed by atoms with Gasteiger partial charge >= 0.3 is 0 Å². The zero-order valence-electron chi connectivity index (χ0n) is 13.3. The predicted octanol–water partition coefficient (Wildman–Crippen LogP) is 4.17. The molecule has 0 saturated heterocycles. The van der Waals surface area contributed by atoms with Crippen LogP contribution in [0.2, 0.25) is 0 Å². The van der Waals surface area contributed by atoms with Gasteiger partial charge in [-0.25, -0.2) is 0 Å². The standard InChI is InChI=1S/C19H20N2O2/c1-12(2)19(22)13-3-8-18-14(9-13)10-16(21-18)11-23-17-6-4-15(20)5-7-17/h3-10,12,21H,11,20H2,1-2H3. The number of Topliss-reactive ketones (excluding diaryl/α,β-unsaturated/α-hetero) is 1. The Morgan fingerprint density at radius 3 is 2.57 bits per heavy atom. The third-order valence-electron chi connectivity index (χ3n) is 3.76. The van der Waals surface area contributed by atoms with E-state index in [9.17, 15) is 4.79 Å². The molecule has 0 spiro atoms. The number of aromatic amines is 1. The fraction of sp³-hybridized carbons (Fsp3) is 0.211. The smallest absolute Gasteiger partial charge is 0.165 e. The number of aromatic nitrogens is 1. The highest BCUT2D eigenvalue weighted by Crippen LogP contribution is 2.21. The van der Waals surface area contributed by atoms with Gasteiger partial charge in [0.15, 0.2) is 5.78 Å². The lowest BCUT2D eigenvalue weighted by molar-refractivity contribution is 0.0939. The number of H-pyrrole nitrogens is 1. The number of rotatable bonds is 5. The second kappa shape index (κ2) is 6.16. The van der Waals surface area contributed by atoms with Crippen LogP contribution in [0.3, 0.4) is 0 Å². The van der Waals surface area contributed by atoms with E-state index in [2.05, 4.69) is 4.98 Å². The zero-order chi connectivity index (χ0) is 16.4. The van der Waals surface area contributed by atoms with Gasteiger partial charge in [-0.15, -0.1) is 0 Å². The van der Waals surface area contributed by atoms with Crippen LogP contribution in [0.25, 0.3) is 10.9 Å². The second-order valence-corrected chi connectivity index (χ2v) is 5.97. The van der Waals surface area contributed by atoms with Crippen molar-refractivity contribution in [3.8, 4) is 5.75 Å². The van der Waals surface area contributed by atoms with Crippen molar-refractivity contribution in [1.82, 2.24) is 4.98 Å². The van der Waals surface area contributed by atoms with Crippen LogP contribution in [-0.4, -0.2) is 10.8 Å². The summed E-state index contributed by atoms with van der Waals surface area (Å²) in [5.41, 5.74) is 9.08. The molecule has 23 heavy (non-hydrogen) atoms. The largest absolute Gasteiger partial charge is 0.487 e. The first-order chi connectivity index (χ1) is 11.0. The SMILES string of the molecule is CC(C)C(=O)c1ccc2[nH]c(COc3ccc(N)cc3)cc2c1. The van der Waals surface area contributed by atoms with Crippen LogP contribution in [0.5, 0.6) is 5.75 Å². The number of carbonyl (C=O) groups is 1. The van der Waals surface area contributed by atoms with E-state index in [4.69, 9.17) is 10.5 Å². The van der Waals surface area contributed by atoms with E-state index in [0.717, 1.165) is 27.9 Å². The quantitative estimate of drug-likeness (QED) is 0.549. The molecular formula is C19H20N2O2. The number of fused-ring (bicyclic) bond motifs is 1. The van der Waals surface area contributed by atoms with E-state index < -0.39 is 0 Å². The highest BCUT2D eigenvalue weighted by molar-refractivity contribution is 6.00. The summed E-state index contributed by atoms with van der Waals surface area (Å²) in [4.78, 5) is 15.4. The number of ketones is 1. The molecule has 0 radical (unpaired) electrons. The normalized spacial score (nSPS) is 11.1. The van der Waals surface area contributed by atoms with Crippen molar-refractivity contribution in [3.05, 3.63) is 59.8 Å². The minimum absolute atomic E-state index is 0.000266. The Labute approximate surface area is 135 Å². The molecule has 0 atom stereocenters. The lowest BCUT2D eigenvalue weighted by Gasteiger charge is -2.04. The molecule has 0 unspecified atom stereocenters. The number of ether oxygens (including phenoxy) is 1. The molecule has 0 fully saturated rings. The number of nitrogen functional groups attached to an aromatic ring is 1. The van der Waals surface area contributed by atoms with E-state index in [0.29, 0.717) is 12.3 Å². The Hall–Kier alpha value is -2.75. The molecule has 3 aromatic rings.